The third kappa shape index (κ3) is 5.79. The number of hydrogen-bond donors (Lipinski definition) is 1. The van der Waals surface area contributed by atoms with E-state index in [1.165, 1.54) is 11.0 Å². The number of nitrogens with one attached hydrogen (secondary N) is 1. The first-order valence-electron chi connectivity index (χ1n) is 7.71. The lowest BCUT2D eigenvalue weighted by molar-refractivity contribution is -0.129. The van der Waals surface area contributed by atoms with Gasteiger partial charge in [-0.2, -0.15) is 0 Å². The molecule has 0 fully saturated rings. The van der Waals surface area contributed by atoms with Gasteiger partial charge < -0.3 is 15.0 Å². The molecule has 1 N–H and O–H groups in total. The minimum Gasteiger partial charge on any atom is -0.497 e. The van der Waals surface area contributed by atoms with Crippen LogP contribution in [0.15, 0.2) is 48.5 Å². The van der Waals surface area contributed by atoms with Crippen molar-refractivity contribution in [3.05, 3.63) is 64.1 Å². The zero-order valence-electron chi connectivity index (χ0n) is 14.3. The van der Waals surface area contributed by atoms with Crippen LogP contribution in [0.5, 0.6) is 5.75 Å². The molecule has 0 bridgehead atoms. The van der Waals surface area contributed by atoms with Gasteiger partial charge in [-0.15, -0.1) is 0 Å². The Morgan fingerprint density at radius 3 is 2.42 bits per heavy atom. The first-order valence-corrected chi connectivity index (χ1v) is 8.47. The van der Waals surface area contributed by atoms with Gasteiger partial charge >= 0.3 is 0 Å². The predicted octanol–water partition coefficient (Wildman–Crippen LogP) is 4.11. The maximum atomic E-state index is 12.1. The molecule has 0 aliphatic heterocycles. The molecular weight excluding hydrogens is 375 g/mol. The molecule has 7 heteroatoms. The Balaban J connectivity index is 1.89. The summed E-state index contributed by atoms with van der Waals surface area (Å²) < 4.78 is 5.08. The molecule has 0 radical (unpaired) electrons. The number of hydrogen-bond acceptors (Lipinski definition) is 3. The summed E-state index contributed by atoms with van der Waals surface area (Å²) in [6.07, 6.45) is 3.09. The van der Waals surface area contributed by atoms with E-state index in [9.17, 15) is 9.59 Å². The number of anilines is 1. The van der Waals surface area contributed by atoms with Gasteiger partial charge in [0, 0.05) is 18.8 Å². The zero-order chi connectivity index (χ0) is 19.1. The number of carbonyl (C=O) groups excluding carboxylic acids is 2. The first-order chi connectivity index (χ1) is 12.4. The standard InChI is InChI=1S/C19H18Cl2N2O3/c1-23(12-18(24)22-14-6-9-16(20)17(21)11-14)19(25)10-5-13-3-7-15(26-2)8-4-13/h3-11H,12H2,1-2H3,(H,22,24)/b10-5+. The summed E-state index contributed by atoms with van der Waals surface area (Å²) in [6.45, 7) is -0.0912. The van der Waals surface area contributed by atoms with Crippen LogP contribution in [0.3, 0.4) is 0 Å². The number of likely N-dealkylation sites (N-methyl/N-ethyl adjacent to an activating group) is 1. The van der Waals surface area contributed by atoms with Crippen molar-refractivity contribution >= 4 is 46.8 Å². The van der Waals surface area contributed by atoms with E-state index in [-0.39, 0.29) is 18.4 Å². The molecule has 0 aliphatic carbocycles. The third-order valence-corrected chi connectivity index (χ3v) is 4.23. The lowest BCUT2D eigenvalue weighted by Crippen LogP contribution is -2.33. The number of carbonyl (C=O) groups is 2. The summed E-state index contributed by atoms with van der Waals surface area (Å²) in [7, 11) is 3.14. The summed E-state index contributed by atoms with van der Waals surface area (Å²) in [5.41, 5.74) is 1.37. The maximum Gasteiger partial charge on any atom is 0.246 e. The van der Waals surface area contributed by atoms with Gasteiger partial charge in [-0.25, -0.2) is 0 Å². The molecule has 0 saturated heterocycles. The van der Waals surface area contributed by atoms with Gasteiger partial charge in [0.2, 0.25) is 11.8 Å². The fourth-order valence-corrected chi connectivity index (χ4v) is 2.38. The Morgan fingerprint density at radius 1 is 1.12 bits per heavy atom. The van der Waals surface area contributed by atoms with Crippen molar-refractivity contribution in [2.24, 2.45) is 0 Å². The zero-order valence-corrected chi connectivity index (χ0v) is 15.8. The molecule has 5 nitrogen and oxygen atoms in total. The molecule has 0 spiro atoms. The Hall–Kier alpha value is -2.50. The van der Waals surface area contributed by atoms with Crippen molar-refractivity contribution in [2.75, 3.05) is 26.0 Å². The highest BCUT2D eigenvalue weighted by Gasteiger charge is 2.11. The van der Waals surface area contributed by atoms with Crippen LogP contribution < -0.4 is 10.1 Å². The highest BCUT2D eigenvalue weighted by Crippen LogP contribution is 2.24. The Bertz CT molecular complexity index is 820. The molecule has 0 aromatic heterocycles. The highest BCUT2D eigenvalue weighted by molar-refractivity contribution is 6.42. The molecule has 2 amide bonds. The summed E-state index contributed by atoms with van der Waals surface area (Å²) >= 11 is 11.7. The average molecular weight is 393 g/mol. The lowest BCUT2D eigenvalue weighted by atomic mass is 10.2. The van der Waals surface area contributed by atoms with Crippen molar-refractivity contribution in [3.63, 3.8) is 0 Å². The van der Waals surface area contributed by atoms with Crippen LogP contribution in [0, 0.1) is 0 Å². The van der Waals surface area contributed by atoms with Crippen LogP contribution >= 0.6 is 23.2 Å². The van der Waals surface area contributed by atoms with Gasteiger partial charge in [0.25, 0.3) is 0 Å². The second kappa shape index (κ2) is 9.27. The molecule has 0 heterocycles. The van der Waals surface area contributed by atoms with E-state index in [0.29, 0.717) is 15.7 Å². The number of rotatable bonds is 6. The summed E-state index contributed by atoms with van der Waals surface area (Å²) in [5, 5.41) is 3.42. The minimum atomic E-state index is -0.336. The van der Waals surface area contributed by atoms with Crippen LogP contribution in [0.1, 0.15) is 5.56 Å². The number of ether oxygens (including phenoxy) is 1. The molecule has 2 aromatic carbocycles. The van der Waals surface area contributed by atoms with Crippen LogP contribution in [-0.2, 0) is 9.59 Å². The van der Waals surface area contributed by atoms with Gasteiger partial charge in [-0.1, -0.05) is 35.3 Å². The summed E-state index contributed by atoms with van der Waals surface area (Å²) in [6, 6.07) is 12.0. The van der Waals surface area contributed by atoms with Crippen molar-refractivity contribution < 1.29 is 14.3 Å². The quantitative estimate of drug-likeness (QED) is 0.752. The predicted molar refractivity (Wildman–Crippen MR) is 105 cm³/mol. The smallest absolute Gasteiger partial charge is 0.246 e. The molecule has 26 heavy (non-hydrogen) atoms. The second-order valence-corrected chi connectivity index (χ2v) is 6.29. The summed E-state index contributed by atoms with van der Waals surface area (Å²) in [4.78, 5) is 25.5. The molecule has 2 rings (SSSR count). The Labute approximate surface area is 162 Å². The van der Waals surface area contributed by atoms with Crippen LogP contribution in [-0.4, -0.2) is 37.4 Å². The number of methoxy groups -OCH3 is 1. The molecule has 0 saturated carbocycles. The fraction of sp³-hybridized carbons (Fsp3) is 0.158. The van der Waals surface area contributed by atoms with Crippen molar-refractivity contribution in [1.29, 1.82) is 0 Å². The first kappa shape index (κ1) is 19.8. The number of amides is 2. The number of halogens is 2. The average Bonchev–Trinajstić information content (AvgIpc) is 2.63. The van der Waals surface area contributed by atoms with Crippen molar-refractivity contribution in [3.8, 4) is 5.75 Å². The second-order valence-electron chi connectivity index (χ2n) is 5.48. The van der Waals surface area contributed by atoms with E-state index in [1.54, 1.807) is 50.6 Å². The van der Waals surface area contributed by atoms with E-state index in [0.717, 1.165) is 11.3 Å². The normalized spacial score (nSPS) is 10.6. The SMILES string of the molecule is COc1ccc(/C=C/C(=O)N(C)CC(=O)Nc2ccc(Cl)c(Cl)c2)cc1. The minimum absolute atomic E-state index is 0.0912. The van der Waals surface area contributed by atoms with Gasteiger partial charge in [0.05, 0.1) is 23.7 Å². The molecular formula is C19H18Cl2N2O3. The van der Waals surface area contributed by atoms with E-state index in [1.807, 2.05) is 12.1 Å². The van der Waals surface area contributed by atoms with Crippen LogP contribution in [0.4, 0.5) is 5.69 Å². The van der Waals surface area contributed by atoms with E-state index in [4.69, 9.17) is 27.9 Å². The number of nitrogens with zero attached hydrogens (tertiary/aromatic N) is 1. The Kier molecular flexibility index (Phi) is 7.06. The summed E-state index contributed by atoms with van der Waals surface area (Å²) in [5.74, 6) is 0.117. The molecule has 0 atom stereocenters. The number of benzene rings is 2. The lowest BCUT2D eigenvalue weighted by Gasteiger charge is -2.15. The Morgan fingerprint density at radius 2 is 1.81 bits per heavy atom. The van der Waals surface area contributed by atoms with Gasteiger partial charge in [-0.05, 0) is 42.0 Å². The largest absolute Gasteiger partial charge is 0.497 e. The van der Waals surface area contributed by atoms with Crippen LogP contribution in [0.25, 0.3) is 6.08 Å². The van der Waals surface area contributed by atoms with Crippen molar-refractivity contribution in [2.45, 2.75) is 0 Å². The van der Waals surface area contributed by atoms with Gasteiger partial charge in [-0.3, -0.25) is 9.59 Å². The van der Waals surface area contributed by atoms with E-state index in [2.05, 4.69) is 5.32 Å². The fourth-order valence-electron chi connectivity index (χ4n) is 2.08. The van der Waals surface area contributed by atoms with Gasteiger partial charge in [0.1, 0.15) is 5.75 Å². The molecule has 0 unspecified atom stereocenters. The monoisotopic (exact) mass is 392 g/mol. The van der Waals surface area contributed by atoms with Crippen LogP contribution in [0.2, 0.25) is 10.0 Å². The topological polar surface area (TPSA) is 58.6 Å². The van der Waals surface area contributed by atoms with Gasteiger partial charge in [0.15, 0.2) is 0 Å². The molecule has 0 aliphatic rings. The van der Waals surface area contributed by atoms with E-state index < -0.39 is 0 Å². The highest BCUT2D eigenvalue weighted by atomic mass is 35.5. The molecule has 2 aromatic rings. The molecule has 136 valence electrons. The maximum absolute atomic E-state index is 12.1. The third-order valence-electron chi connectivity index (χ3n) is 3.49. The van der Waals surface area contributed by atoms with E-state index >= 15 is 0 Å². The van der Waals surface area contributed by atoms with Crippen molar-refractivity contribution in [1.82, 2.24) is 4.90 Å².